The van der Waals surface area contributed by atoms with Gasteiger partial charge < -0.3 is 4.90 Å². The van der Waals surface area contributed by atoms with Crippen LogP contribution >= 0.6 is 11.6 Å². The minimum Gasteiger partial charge on any atom is -0.338 e. The Hall–Kier alpha value is -3.35. The van der Waals surface area contributed by atoms with Crippen molar-refractivity contribution in [1.29, 1.82) is 0 Å². The van der Waals surface area contributed by atoms with Crippen LogP contribution in [0.5, 0.6) is 0 Å². The number of rotatable bonds is 5. The molecular weight excluding hydrogens is 476 g/mol. The molecule has 11 nitrogen and oxygen atoms in total. The van der Waals surface area contributed by atoms with Gasteiger partial charge in [-0.05, 0) is 30.3 Å². The molecule has 4 rings (SSSR count). The zero-order valence-corrected chi connectivity index (χ0v) is 18.6. The minimum absolute atomic E-state index is 0.00252. The molecule has 0 radical (unpaired) electrons. The summed E-state index contributed by atoms with van der Waals surface area (Å²) in [6, 6.07) is 9.09. The number of sulfonamides is 1. The first-order valence-corrected chi connectivity index (χ1v) is 11.6. The van der Waals surface area contributed by atoms with Crippen molar-refractivity contribution in [3.05, 3.63) is 68.7 Å². The van der Waals surface area contributed by atoms with Gasteiger partial charge in [-0.3, -0.25) is 29.4 Å². The molecule has 2 aromatic rings. The number of hydrogen-bond donors (Lipinski definition) is 0. The van der Waals surface area contributed by atoms with Gasteiger partial charge in [0, 0.05) is 43.3 Å². The Morgan fingerprint density at radius 3 is 2.18 bits per heavy atom. The summed E-state index contributed by atoms with van der Waals surface area (Å²) in [7, 11) is -3.75. The molecule has 0 saturated carbocycles. The first-order valence-electron chi connectivity index (χ1n) is 9.78. The van der Waals surface area contributed by atoms with E-state index in [-0.39, 0.29) is 47.9 Å². The number of nitro benzene ring substituents is 1. The molecule has 0 aromatic heterocycles. The molecule has 0 bridgehead atoms. The van der Waals surface area contributed by atoms with Crippen molar-refractivity contribution >= 4 is 45.0 Å². The third-order valence-corrected chi connectivity index (χ3v) is 7.67. The van der Waals surface area contributed by atoms with Crippen molar-refractivity contribution in [2.24, 2.45) is 0 Å². The van der Waals surface area contributed by atoms with E-state index in [0.717, 1.165) is 17.0 Å². The van der Waals surface area contributed by atoms with Crippen LogP contribution in [0.1, 0.15) is 20.7 Å². The number of amides is 3. The van der Waals surface area contributed by atoms with Gasteiger partial charge in [0.25, 0.3) is 17.5 Å². The van der Waals surface area contributed by atoms with Gasteiger partial charge in [0.15, 0.2) is 0 Å². The lowest BCUT2D eigenvalue weighted by Crippen LogP contribution is -2.53. The summed E-state index contributed by atoms with van der Waals surface area (Å²) >= 11 is 5.81. The van der Waals surface area contributed by atoms with Crippen molar-refractivity contribution in [2.45, 2.75) is 4.90 Å². The fourth-order valence-electron chi connectivity index (χ4n) is 3.70. The lowest BCUT2D eigenvalue weighted by molar-refractivity contribution is -0.384. The van der Waals surface area contributed by atoms with E-state index < -0.39 is 39.2 Å². The number of piperazine rings is 1. The van der Waals surface area contributed by atoms with Crippen LogP contribution in [0.4, 0.5) is 5.69 Å². The van der Waals surface area contributed by atoms with Crippen molar-refractivity contribution in [1.82, 2.24) is 14.1 Å². The van der Waals surface area contributed by atoms with Gasteiger partial charge in [0.1, 0.15) is 6.54 Å². The van der Waals surface area contributed by atoms with E-state index in [9.17, 15) is 32.9 Å². The maximum atomic E-state index is 12.8. The van der Waals surface area contributed by atoms with Crippen molar-refractivity contribution in [3.63, 3.8) is 0 Å². The molecule has 13 heteroatoms. The Kier molecular flexibility index (Phi) is 5.91. The molecule has 172 valence electrons. The smallest absolute Gasteiger partial charge is 0.270 e. The van der Waals surface area contributed by atoms with E-state index in [4.69, 9.17) is 11.6 Å². The van der Waals surface area contributed by atoms with Gasteiger partial charge in [0.05, 0.1) is 20.9 Å². The predicted octanol–water partition coefficient (Wildman–Crippen LogP) is 1.38. The molecular formula is C20H17ClN4O7S. The highest BCUT2D eigenvalue weighted by Gasteiger charge is 2.39. The fourth-order valence-corrected chi connectivity index (χ4v) is 5.25. The number of nitro groups is 1. The SMILES string of the molecule is O=C(CN1C(=O)c2ccc([N+](=O)[O-])cc2C1=O)N1CCN(S(=O)(=O)c2ccc(Cl)cc2)CC1. The van der Waals surface area contributed by atoms with Crippen LogP contribution in [0.3, 0.4) is 0 Å². The van der Waals surface area contributed by atoms with Gasteiger partial charge in [-0.25, -0.2) is 8.42 Å². The summed E-state index contributed by atoms with van der Waals surface area (Å²) < 4.78 is 26.8. The van der Waals surface area contributed by atoms with E-state index in [0.29, 0.717) is 5.02 Å². The molecule has 0 atom stereocenters. The number of hydrogen-bond acceptors (Lipinski definition) is 7. The van der Waals surface area contributed by atoms with Gasteiger partial charge in [-0.2, -0.15) is 4.31 Å². The normalized spacial score (nSPS) is 16.8. The molecule has 2 aliphatic heterocycles. The number of nitrogens with zero attached hydrogens (tertiary/aromatic N) is 4. The van der Waals surface area contributed by atoms with E-state index >= 15 is 0 Å². The third-order valence-electron chi connectivity index (χ3n) is 5.50. The summed E-state index contributed by atoms with van der Waals surface area (Å²) in [4.78, 5) is 50.3. The number of non-ortho nitro benzene ring substituents is 1. The Morgan fingerprint density at radius 1 is 0.970 bits per heavy atom. The Morgan fingerprint density at radius 2 is 1.58 bits per heavy atom. The number of imide groups is 1. The first-order chi connectivity index (χ1) is 15.6. The van der Waals surface area contributed by atoms with Crippen molar-refractivity contribution < 1.29 is 27.7 Å². The molecule has 0 N–H and O–H groups in total. The number of benzene rings is 2. The van der Waals surface area contributed by atoms with E-state index in [2.05, 4.69) is 0 Å². The average Bonchev–Trinajstić information content (AvgIpc) is 3.03. The molecule has 2 aromatic carbocycles. The quantitative estimate of drug-likeness (QED) is 0.349. The van der Waals surface area contributed by atoms with E-state index in [1.807, 2.05) is 0 Å². The van der Waals surface area contributed by atoms with Crippen molar-refractivity contribution in [3.8, 4) is 0 Å². The van der Waals surface area contributed by atoms with Crippen LogP contribution in [0.2, 0.25) is 5.02 Å². The molecule has 0 spiro atoms. The Labute approximate surface area is 193 Å². The molecule has 2 heterocycles. The molecule has 0 unspecified atom stereocenters. The van der Waals surface area contributed by atoms with Crippen LogP contribution < -0.4 is 0 Å². The highest BCUT2D eigenvalue weighted by Crippen LogP contribution is 2.27. The van der Waals surface area contributed by atoms with Gasteiger partial charge in [-0.15, -0.1) is 0 Å². The largest absolute Gasteiger partial charge is 0.338 e. The van der Waals surface area contributed by atoms with Crippen LogP contribution in [0, 0.1) is 10.1 Å². The maximum Gasteiger partial charge on any atom is 0.270 e. The molecule has 3 amide bonds. The topological polar surface area (TPSA) is 138 Å². The zero-order valence-electron chi connectivity index (χ0n) is 17.0. The van der Waals surface area contributed by atoms with Crippen LogP contribution in [0.15, 0.2) is 47.4 Å². The van der Waals surface area contributed by atoms with Crippen molar-refractivity contribution in [2.75, 3.05) is 32.7 Å². The number of fused-ring (bicyclic) bond motifs is 1. The maximum absolute atomic E-state index is 12.8. The summed E-state index contributed by atoms with van der Waals surface area (Å²) in [6.45, 7) is -0.277. The summed E-state index contributed by atoms with van der Waals surface area (Å²) in [6.07, 6.45) is 0. The number of carbonyl (C=O) groups is 3. The first kappa shape index (κ1) is 22.8. The lowest BCUT2D eigenvalue weighted by atomic mass is 10.1. The predicted molar refractivity (Wildman–Crippen MR) is 115 cm³/mol. The summed E-state index contributed by atoms with van der Waals surface area (Å²) in [5.41, 5.74) is -0.459. The second-order valence-electron chi connectivity index (χ2n) is 7.42. The second kappa shape index (κ2) is 8.54. The average molecular weight is 493 g/mol. The van der Waals surface area contributed by atoms with Gasteiger partial charge >= 0.3 is 0 Å². The highest BCUT2D eigenvalue weighted by molar-refractivity contribution is 7.89. The van der Waals surface area contributed by atoms with E-state index in [1.54, 1.807) is 0 Å². The van der Waals surface area contributed by atoms with Gasteiger partial charge in [-0.1, -0.05) is 11.6 Å². The minimum atomic E-state index is -3.75. The van der Waals surface area contributed by atoms with Gasteiger partial charge in [0.2, 0.25) is 15.9 Å². The molecule has 33 heavy (non-hydrogen) atoms. The molecule has 0 aliphatic carbocycles. The number of halogens is 1. The Bertz CT molecular complexity index is 1270. The standard InChI is InChI=1S/C20H17ClN4O7S/c21-13-1-4-15(5-2-13)33(31,32)23-9-7-22(8-10-23)18(26)12-24-19(27)16-6-3-14(25(29)30)11-17(16)20(24)28/h1-6,11H,7-10,12H2. The van der Waals surface area contributed by atoms with Crippen LogP contribution in [-0.2, 0) is 14.8 Å². The molecule has 1 saturated heterocycles. The lowest BCUT2D eigenvalue weighted by Gasteiger charge is -2.34. The third kappa shape index (κ3) is 4.19. The molecule has 1 fully saturated rings. The molecule has 2 aliphatic rings. The highest BCUT2D eigenvalue weighted by atomic mass is 35.5. The fraction of sp³-hybridized carbons (Fsp3) is 0.250. The summed E-state index contributed by atoms with van der Waals surface area (Å²) in [5, 5.41) is 11.3. The zero-order chi connectivity index (χ0) is 23.9. The van der Waals surface area contributed by atoms with Crippen LogP contribution in [0.25, 0.3) is 0 Å². The Balaban J connectivity index is 1.40. The van der Waals surface area contributed by atoms with Crippen LogP contribution in [-0.4, -0.2) is 77.9 Å². The van der Waals surface area contributed by atoms with E-state index in [1.165, 1.54) is 39.5 Å². The monoisotopic (exact) mass is 492 g/mol. The second-order valence-corrected chi connectivity index (χ2v) is 9.80. The number of carbonyl (C=O) groups excluding carboxylic acids is 3. The summed E-state index contributed by atoms with van der Waals surface area (Å²) in [5.74, 6) is -2.01.